The molecular formula is C12H15N3O2. The van der Waals surface area contributed by atoms with Crippen molar-refractivity contribution in [3.8, 4) is 11.5 Å². The fourth-order valence-electron chi connectivity index (χ4n) is 1.97. The van der Waals surface area contributed by atoms with Crippen LogP contribution in [0.1, 0.15) is 5.56 Å². The van der Waals surface area contributed by atoms with E-state index >= 15 is 0 Å². The van der Waals surface area contributed by atoms with Crippen molar-refractivity contribution in [1.82, 2.24) is 10.6 Å². The number of hydrogen-bond donors (Lipinski definition) is 2. The standard InChI is InChI=1S/C12H15N3O2/c1-2-9(8-15-12-13-4-5-14-12)11-10(3-1)16-6-7-17-11/h1-3H,4-8H2,(H2,13,14,15). The van der Waals surface area contributed by atoms with Gasteiger partial charge in [0.05, 0.1) is 6.54 Å². The van der Waals surface area contributed by atoms with Gasteiger partial charge in [-0.3, -0.25) is 4.99 Å². The minimum Gasteiger partial charge on any atom is -0.486 e. The number of nitrogens with one attached hydrogen (secondary N) is 2. The van der Waals surface area contributed by atoms with Crippen LogP contribution in [-0.4, -0.2) is 32.3 Å². The Hall–Kier alpha value is -1.91. The van der Waals surface area contributed by atoms with Crippen LogP contribution in [0, 0.1) is 0 Å². The highest BCUT2D eigenvalue weighted by Crippen LogP contribution is 2.33. The van der Waals surface area contributed by atoms with Crippen molar-refractivity contribution in [3.63, 3.8) is 0 Å². The van der Waals surface area contributed by atoms with Gasteiger partial charge in [-0.25, -0.2) is 0 Å². The number of fused-ring (bicyclic) bond motifs is 1. The maximum Gasteiger partial charge on any atom is 0.191 e. The lowest BCUT2D eigenvalue weighted by Gasteiger charge is -2.21. The van der Waals surface area contributed by atoms with Crippen molar-refractivity contribution in [2.24, 2.45) is 4.99 Å². The Labute approximate surface area is 99.8 Å². The van der Waals surface area contributed by atoms with E-state index in [-0.39, 0.29) is 0 Å². The lowest BCUT2D eigenvalue weighted by molar-refractivity contribution is 0.170. The zero-order valence-corrected chi connectivity index (χ0v) is 9.53. The molecule has 2 aliphatic heterocycles. The van der Waals surface area contributed by atoms with E-state index in [1.165, 1.54) is 0 Å². The van der Waals surface area contributed by atoms with Gasteiger partial charge in [-0.05, 0) is 6.07 Å². The molecule has 0 aliphatic carbocycles. The fourth-order valence-corrected chi connectivity index (χ4v) is 1.97. The lowest BCUT2D eigenvalue weighted by Crippen LogP contribution is -2.33. The van der Waals surface area contributed by atoms with Crippen molar-refractivity contribution in [3.05, 3.63) is 23.8 Å². The summed E-state index contributed by atoms with van der Waals surface area (Å²) in [7, 11) is 0. The fraction of sp³-hybridized carbons (Fsp3) is 0.417. The predicted octanol–water partition coefficient (Wildman–Crippen LogP) is 0.507. The molecule has 0 unspecified atom stereocenters. The van der Waals surface area contributed by atoms with Crippen molar-refractivity contribution >= 4 is 5.96 Å². The van der Waals surface area contributed by atoms with Crippen LogP contribution in [0.25, 0.3) is 0 Å². The van der Waals surface area contributed by atoms with Gasteiger partial charge in [0, 0.05) is 18.7 Å². The number of para-hydroxylation sites is 1. The Balaban J connectivity index is 1.73. The summed E-state index contributed by atoms with van der Waals surface area (Å²) in [5.74, 6) is 2.54. The Morgan fingerprint density at radius 3 is 3.12 bits per heavy atom. The molecule has 0 saturated carbocycles. The molecule has 5 heteroatoms. The molecule has 17 heavy (non-hydrogen) atoms. The zero-order chi connectivity index (χ0) is 11.5. The molecule has 2 heterocycles. The Morgan fingerprint density at radius 2 is 2.24 bits per heavy atom. The van der Waals surface area contributed by atoms with Gasteiger partial charge in [0.25, 0.3) is 0 Å². The molecule has 90 valence electrons. The van der Waals surface area contributed by atoms with Crippen molar-refractivity contribution < 1.29 is 9.47 Å². The zero-order valence-electron chi connectivity index (χ0n) is 9.53. The van der Waals surface area contributed by atoms with Gasteiger partial charge in [0.15, 0.2) is 17.5 Å². The summed E-state index contributed by atoms with van der Waals surface area (Å²) in [6.07, 6.45) is 0. The second-order valence-corrected chi connectivity index (χ2v) is 3.95. The predicted molar refractivity (Wildman–Crippen MR) is 64.6 cm³/mol. The normalized spacial score (nSPS) is 17.3. The van der Waals surface area contributed by atoms with Crippen LogP contribution in [0.4, 0.5) is 0 Å². The number of benzene rings is 1. The van der Waals surface area contributed by atoms with E-state index < -0.39 is 0 Å². The van der Waals surface area contributed by atoms with Gasteiger partial charge >= 0.3 is 0 Å². The first-order valence-corrected chi connectivity index (χ1v) is 5.83. The molecule has 0 aromatic heterocycles. The van der Waals surface area contributed by atoms with Crippen LogP contribution in [-0.2, 0) is 6.54 Å². The maximum atomic E-state index is 5.64. The molecule has 0 radical (unpaired) electrons. The Bertz CT molecular complexity index is 445. The number of guanidine groups is 1. The van der Waals surface area contributed by atoms with Gasteiger partial charge in [0.1, 0.15) is 13.2 Å². The summed E-state index contributed by atoms with van der Waals surface area (Å²) in [5.41, 5.74) is 1.10. The van der Waals surface area contributed by atoms with Crippen LogP contribution in [0.3, 0.4) is 0 Å². The second-order valence-electron chi connectivity index (χ2n) is 3.95. The molecule has 1 aromatic rings. The third kappa shape index (κ3) is 2.13. The van der Waals surface area contributed by atoms with Crippen LogP contribution in [0.5, 0.6) is 11.5 Å². The van der Waals surface area contributed by atoms with Crippen molar-refractivity contribution in [2.75, 3.05) is 26.3 Å². The molecule has 0 spiro atoms. The molecule has 0 bridgehead atoms. The molecular weight excluding hydrogens is 218 g/mol. The van der Waals surface area contributed by atoms with E-state index in [2.05, 4.69) is 15.6 Å². The smallest absolute Gasteiger partial charge is 0.191 e. The first-order valence-electron chi connectivity index (χ1n) is 5.83. The van der Waals surface area contributed by atoms with Gasteiger partial charge in [0.2, 0.25) is 0 Å². The molecule has 0 amide bonds. The minimum absolute atomic E-state index is 0.614. The van der Waals surface area contributed by atoms with E-state index in [1.807, 2.05) is 18.2 Å². The second kappa shape index (κ2) is 4.53. The van der Waals surface area contributed by atoms with Crippen LogP contribution < -0.4 is 20.1 Å². The number of rotatable bonds is 2. The van der Waals surface area contributed by atoms with E-state index in [0.29, 0.717) is 19.8 Å². The Morgan fingerprint density at radius 1 is 1.29 bits per heavy atom. The monoisotopic (exact) mass is 233 g/mol. The van der Waals surface area contributed by atoms with Crippen molar-refractivity contribution in [2.45, 2.75) is 6.54 Å². The highest BCUT2D eigenvalue weighted by Gasteiger charge is 2.15. The molecule has 1 aromatic carbocycles. The van der Waals surface area contributed by atoms with Crippen LogP contribution in [0.15, 0.2) is 23.2 Å². The molecule has 0 fully saturated rings. The molecule has 0 saturated heterocycles. The average molecular weight is 233 g/mol. The third-order valence-electron chi connectivity index (χ3n) is 2.77. The summed E-state index contributed by atoms with van der Waals surface area (Å²) in [4.78, 5) is 4.29. The molecule has 3 rings (SSSR count). The summed E-state index contributed by atoms with van der Waals surface area (Å²) in [5, 5.41) is 6.43. The first kappa shape index (κ1) is 10.3. The van der Waals surface area contributed by atoms with E-state index in [1.54, 1.807) is 0 Å². The maximum absolute atomic E-state index is 5.64. The third-order valence-corrected chi connectivity index (χ3v) is 2.77. The van der Waals surface area contributed by atoms with Gasteiger partial charge < -0.3 is 20.1 Å². The SMILES string of the molecule is c1cc(CNC2=NCCN2)c2c(c1)OCCO2. The van der Waals surface area contributed by atoms with E-state index in [9.17, 15) is 0 Å². The van der Waals surface area contributed by atoms with E-state index in [0.717, 1.165) is 36.1 Å². The first-order chi connectivity index (χ1) is 8.43. The Kier molecular flexibility index (Phi) is 2.73. The van der Waals surface area contributed by atoms with E-state index in [4.69, 9.17) is 9.47 Å². The summed E-state index contributed by atoms with van der Waals surface area (Å²) in [6.45, 7) is 3.68. The topological polar surface area (TPSA) is 54.9 Å². The molecule has 2 aliphatic rings. The summed E-state index contributed by atoms with van der Waals surface area (Å²) in [6, 6.07) is 5.95. The van der Waals surface area contributed by atoms with Crippen LogP contribution in [0.2, 0.25) is 0 Å². The summed E-state index contributed by atoms with van der Waals surface area (Å²) < 4.78 is 11.2. The number of hydrogen-bond acceptors (Lipinski definition) is 5. The highest BCUT2D eigenvalue weighted by molar-refractivity contribution is 5.81. The molecule has 2 N–H and O–H groups in total. The van der Waals surface area contributed by atoms with Crippen molar-refractivity contribution in [1.29, 1.82) is 0 Å². The number of aliphatic imine (C=N–C) groups is 1. The molecule has 0 atom stereocenters. The summed E-state index contributed by atoms with van der Waals surface area (Å²) >= 11 is 0. The average Bonchev–Trinajstić information content (AvgIpc) is 2.89. The number of ether oxygens (including phenoxy) is 2. The largest absolute Gasteiger partial charge is 0.486 e. The minimum atomic E-state index is 0.614. The quantitative estimate of drug-likeness (QED) is 0.781. The van der Waals surface area contributed by atoms with Crippen LogP contribution >= 0.6 is 0 Å². The lowest BCUT2D eigenvalue weighted by atomic mass is 10.1. The molecule has 5 nitrogen and oxygen atoms in total. The van der Waals surface area contributed by atoms with Gasteiger partial charge in [-0.1, -0.05) is 12.1 Å². The highest BCUT2D eigenvalue weighted by atomic mass is 16.6. The van der Waals surface area contributed by atoms with Gasteiger partial charge in [-0.15, -0.1) is 0 Å². The number of nitrogens with zero attached hydrogens (tertiary/aromatic N) is 1. The van der Waals surface area contributed by atoms with Gasteiger partial charge in [-0.2, -0.15) is 0 Å².